The minimum Gasteiger partial charge on any atom is -0.493 e. The molecule has 1 N–H and O–H groups in total. The number of piperidine rings is 1. The van der Waals surface area contributed by atoms with Gasteiger partial charge in [-0.05, 0) is 49.4 Å². The van der Waals surface area contributed by atoms with Crippen LogP contribution in [0.3, 0.4) is 0 Å². The van der Waals surface area contributed by atoms with E-state index in [-0.39, 0.29) is 17.9 Å². The second-order valence-electron chi connectivity index (χ2n) is 7.96. The Balaban J connectivity index is 1.25. The Bertz CT molecular complexity index is 850. The van der Waals surface area contributed by atoms with Gasteiger partial charge in [-0.2, -0.15) is 0 Å². The normalized spacial score (nSPS) is 19.3. The number of amides is 1. The monoisotopic (exact) mass is 426 g/mol. The molecule has 3 heterocycles. The molecule has 1 aromatic carbocycles. The lowest BCUT2D eigenvalue weighted by atomic mass is 9.96. The Labute approximate surface area is 182 Å². The molecule has 1 atom stereocenters. The Morgan fingerprint density at radius 3 is 2.71 bits per heavy atom. The highest BCUT2D eigenvalue weighted by Crippen LogP contribution is 2.29. The largest absolute Gasteiger partial charge is 0.493 e. The van der Waals surface area contributed by atoms with E-state index in [4.69, 9.17) is 14.2 Å². The van der Waals surface area contributed by atoms with Crippen LogP contribution >= 0.6 is 0 Å². The van der Waals surface area contributed by atoms with E-state index in [2.05, 4.69) is 20.2 Å². The molecule has 2 aliphatic rings. The molecule has 1 aromatic heterocycles. The van der Waals surface area contributed by atoms with E-state index in [9.17, 15) is 4.79 Å². The van der Waals surface area contributed by atoms with Crippen LogP contribution in [0.1, 0.15) is 31.2 Å². The summed E-state index contributed by atoms with van der Waals surface area (Å²) in [5.74, 6) is 2.20. The molecule has 4 rings (SSSR count). The predicted octanol–water partition coefficient (Wildman–Crippen LogP) is 2.58. The fourth-order valence-corrected chi connectivity index (χ4v) is 4.03. The third kappa shape index (κ3) is 5.64. The van der Waals surface area contributed by atoms with Crippen LogP contribution in [0.2, 0.25) is 0 Å². The Morgan fingerprint density at radius 1 is 1.19 bits per heavy atom. The van der Waals surface area contributed by atoms with Crippen LogP contribution in [0.5, 0.6) is 11.5 Å². The van der Waals surface area contributed by atoms with Gasteiger partial charge in [0.2, 0.25) is 11.9 Å². The number of benzene rings is 1. The van der Waals surface area contributed by atoms with Crippen LogP contribution < -0.4 is 19.7 Å². The molecule has 2 fully saturated rings. The molecule has 1 amide bonds. The number of hydrogen-bond acceptors (Lipinski definition) is 7. The summed E-state index contributed by atoms with van der Waals surface area (Å²) in [7, 11) is 1.63. The molecule has 8 heteroatoms. The minimum atomic E-state index is 0.0101. The molecule has 0 saturated carbocycles. The fraction of sp³-hybridized carbons (Fsp3) is 0.522. The van der Waals surface area contributed by atoms with Gasteiger partial charge in [0.05, 0.1) is 13.2 Å². The molecule has 0 radical (unpaired) electrons. The van der Waals surface area contributed by atoms with Crippen molar-refractivity contribution in [3.05, 3.63) is 42.2 Å². The van der Waals surface area contributed by atoms with Crippen molar-refractivity contribution < 1.29 is 19.0 Å². The number of rotatable bonds is 8. The Kier molecular flexibility index (Phi) is 7.19. The van der Waals surface area contributed by atoms with Crippen molar-refractivity contribution in [3.63, 3.8) is 0 Å². The fourth-order valence-electron chi connectivity index (χ4n) is 4.03. The van der Waals surface area contributed by atoms with Gasteiger partial charge in [0.25, 0.3) is 0 Å². The first-order valence-electron chi connectivity index (χ1n) is 10.9. The SMILES string of the molecule is COc1cc(CNC(=O)C2CCN(c3ncccn3)CC2)ccc1OCC1CCCO1. The Morgan fingerprint density at radius 2 is 2.00 bits per heavy atom. The average molecular weight is 427 g/mol. The highest BCUT2D eigenvalue weighted by Gasteiger charge is 2.26. The first-order chi connectivity index (χ1) is 15.2. The maximum Gasteiger partial charge on any atom is 0.225 e. The molecule has 1 unspecified atom stereocenters. The lowest BCUT2D eigenvalue weighted by Crippen LogP contribution is -2.41. The van der Waals surface area contributed by atoms with Crippen LogP contribution in [0.4, 0.5) is 5.95 Å². The van der Waals surface area contributed by atoms with Gasteiger partial charge in [-0.25, -0.2) is 9.97 Å². The number of hydrogen-bond donors (Lipinski definition) is 1. The minimum absolute atomic E-state index is 0.0101. The van der Waals surface area contributed by atoms with Crippen molar-refractivity contribution in [2.45, 2.75) is 38.3 Å². The number of nitrogens with zero attached hydrogens (tertiary/aromatic N) is 3. The molecular formula is C23H30N4O4. The maximum absolute atomic E-state index is 12.7. The van der Waals surface area contributed by atoms with Gasteiger partial charge in [0.15, 0.2) is 11.5 Å². The van der Waals surface area contributed by atoms with Crippen molar-refractivity contribution >= 4 is 11.9 Å². The third-order valence-electron chi connectivity index (χ3n) is 5.84. The van der Waals surface area contributed by atoms with Crippen LogP contribution in [-0.4, -0.2) is 55.4 Å². The van der Waals surface area contributed by atoms with Crippen molar-refractivity contribution in [1.82, 2.24) is 15.3 Å². The molecule has 0 bridgehead atoms. The van der Waals surface area contributed by atoms with E-state index >= 15 is 0 Å². The molecular weight excluding hydrogens is 396 g/mol. The lowest BCUT2D eigenvalue weighted by Gasteiger charge is -2.31. The quantitative estimate of drug-likeness (QED) is 0.694. The molecule has 2 aromatic rings. The summed E-state index contributed by atoms with van der Waals surface area (Å²) in [5.41, 5.74) is 0.977. The van der Waals surface area contributed by atoms with Gasteiger partial charge in [-0.15, -0.1) is 0 Å². The lowest BCUT2D eigenvalue weighted by molar-refractivity contribution is -0.125. The first-order valence-corrected chi connectivity index (χ1v) is 10.9. The number of anilines is 1. The van der Waals surface area contributed by atoms with E-state index < -0.39 is 0 Å². The molecule has 166 valence electrons. The zero-order valence-electron chi connectivity index (χ0n) is 18.0. The maximum atomic E-state index is 12.7. The summed E-state index contributed by atoms with van der Waals surface area (Å²) >= 11 is 0. The van der Waals surface area contributed by atoms with Crippen molar-refractivity contribution in [3.8, 4) is 11.5 Å². The van der Waals surface area contributed by atoms with E-state index in [0.717, 1.165) is 56.9 Å². The van der Waals surface area contributed by atoms with Gasteiger partial charge in [0, 0.05) is 44.6 Å². The predicted molar refractivity (Wildman–Crippen MR) is 116 cm³/mol. The molecule has 8 nitrogen and oxygen atoms in total. The van der Waals surface area contributed by atoms with Crippen molar-refractivity contribution in [1.29, 1.82) is 0 Å². The van der Waals surface area contributed by atoms with E-state index in [0.29, 0.717) is 24.7 Å². The molecule has 0 aliphatic carbocycles. The van der Waals surface area contributed by atoms with Crippen molar-refractivity contribution in [2.75, 3.05) is 38.3 Å². The van der Waals surface area contributed by atoms with Crippen molar-refractivity contribution in [2.24, 2.45) is 5.92 Å². The molecule has 31 heavy (non-hydrogen) atoms. The van der Waals surface area contributed by atoms with Gasteiger partial charge in [-0.1, -0.05) is 6.07 Å². The van der Waals surface area contributed by atoms with Crippen LogP contribution in [0.25, 0.3) is 0 Å². The number of aromatic nitrogens is 2. The summed E-state index contributed by atoms with van der Waals surface area (Å²) in [6.07, 6.45) is 7.35. The number of nitrogens with one attached hydrogen (secondary N) is 1. The summed E-state index contributed by atoms with van der Waals surface area (Å²) in [6, 6.07) is 7.58. The van der Waals surface area contributed by atoms with E-state index in [1.54, 1.807) is 25.6 Å². The highest BCUT2D eigenvalue weighted by molar-refractivity contribution is 5.79. The molecule has 2 aliphatic heterocycles. The summed E-state index contributed by atoms with van der Waals surface area (Å²) in [5, 5.41) is 3.07. The third-order valence-corrected chi connectivity index (χ3v) is 5.84. The van der Waals surface area contributed by atoms with Crippen LogP contribution in [0, 0.1) is 5.92 Å². The summed E-state index contributed by atoms with van der Waals surface area (Å²) in [6.45, 7) is 3.37. The standard InChI is InChI=1S/C23H30N4O4/c1-29-21-14-17(5-6-20(21)31-16-19-4-2-13-30-19)15-26-22(28)18-7-11-27(12-8-18)23-24-9-3-10-25-23/h3,5-6,9-10,14,18-19H,2,4,7-8,11-13,15-16H2,1H3,(H,26,28). The zero-order chi connectivity index (χ0) is 21.5. The number of methoxy groups -OCH3 is 1. The van der Waals surface area contributed by atoms with Gasteiger partial charge in [0.1, 0.15) is 6.61 Å². The molecule has 2 saturated heterocycles. The first kappa shape index (κ1) is 21.4. The zero-order valence-corrected chi connectivity index (χ0v) is 18.0. The van der Waals surface area contributed by atoms with E-state index in [1.807, 2.05) is 18.2 Å². The second kappa shape index (κ2) is 10.4. The number of ether oxygens (including phenoxy) is 3. The highest BCUT2D eigenvalue weighted by atomic mass is 16.5. The van der Waals surface area contributed by atoms with Gasteiger partial charge >= 0.3 is 0 Å². The second-order valence-corrected chi connectivity index (χ2v) is 7.96. The smallest absolute Gasteiger partial charge is 0.225 e. The van der Waals surface area contributed by atoms with Gasteiger partial charge in [-0.3, -0.25) is 4.79 Å². The average Bonchev–Trinajstić information content (AvgIpc) is 3.36. The summed E-state index contributed by atoms with van der Waals surface area (Å²) in [4.78, 5) is 23.4. The Hall–Kier alpha value is -2.87. The number of carbonyl (C=O) groups excluding carboxylic acids is 1. The van der Waals surface area contributed by atoms with E-state index in [1.165, 1.54) is 0 Å². The van der Waals surface area contributed by atoms with Gasteiger partial charge < -0.3 is 24.4 Å². The molecule has 0 spiro atoms. The topological polar surface area (TPSA) is 85.8 Å². The number of carbonyl (C=O) groups is 1. The summed E-state index contributed by atoms with van der Waals surface area (Å²) < 4.78 is 17.0. The van der Waals surface area contributed by atoms with Crippen LogP contribution in [0.15, 0.2) is 36.7 Å². The van der Waals surface area contributed by atoms with Crippen LogP contribution in [-0.2, 0) is 16.1 Å².